The zero-order valence-electron chi connectivity index (χ0n) is 15.0. The van der Waals surface area contributed by atoms with Crippen molar-refractivity contribution in [3.05, 3.63) is 59.4 Å². The summed E-state index contributed by atoms with van der Waals surface area (Å²) in [4.78, 5) is 18.5. The van der Waals surface area contributed by atoms with Gasteiger partial charge in [-0.15, -0.1) is 0 Å². The Bertz CT molecular complexity index is 890. The number of sulfonamides is 1. The maximum atomic E-state index is 12.6. The van der Waals surface area contributed by atoms with E-state index in [0.29, 0.717) is 31.6 Å². The molecule has 0 saturated carbocycles. The monoisotopic (exact) mass is 373 g/mol. The number of rotatable bonds is 4. The van der Waals surface area contributed by atoms with E-state index < -0.39 is 10.0 Å². The van der Waals surface area contributed by atoms with Crippen molar-refractivity contribution in [2.45, 2.75) is 37.6 Å². The van der Waals surface area contributed by atoms with Gasteiger partial charge in [0, 0.05) is 25.3 Å². The largest absolute Gasteiger partial charge is 0.337 e. The zero-order chi connectivity index (χ0) is 18.7. The van der Waals surface area contributed by atoms with Crippen molar-refractivity contribution in [3.63, 3.8) is 0 Å². The van der Waals surface area contributed by atoms with E-state index in [0.717, 1.165) is 11.1 Å². The smallest absolute Gasteiger partial charge is 0.272 e. The minimum Gasteiger partial charge on any atom is -0.337 e. The van der Waals surface area contributed by atoms with Crippen molar-refractivity contribution < 1.29 is 13.2 Å². The number of benzene rings is 1. The normalized spacial score (nSPS) is 15.8. The van der Waals surface area contributed by atoms with E-state index in [1.54, 1.807) is 41.4 Å². The molecule has 1 fully saturated rings. The van der Waals surface area contributed by atoms with Crippen molar-refractivity contribution in [1.82, 2.24) is 14.6 Å². The first-order chi connectivity index (χ1) is 12.4. The van der Waals surface area contributed by atoms with E-state index in [-0.39, 0.29) is 16.8 Å². The van der Waals surface area contributed by atoms with Crippen molar-refractivity contribution in [3.8, 4) is 0 Å². The zero-order valence-corrected chi connectivity index (χ0v) is 15.8. The molecule has 0 atom stereocenters. The predicted octanol–water partition coefficient (Wildman–Crippen LogP) is 2.28. The molecule has 1 aliphatic heterocycles. The number of likely N-dealkylation sites (tertiary alicyclic amines) is 1. The van der Waals surface area contributed by atoms with Gasteiger partial charge in [0.2, 0.25) is 10.0 Å². The molecular formula is C19H23N3O3S. The summed E-state index contributed by atoms with van der Waals surface area (Å²) in [6.45, 7) is 4.87. The fourth-order valence-corrected chi connectivity index (χ4v) is 4.41. The molecule has 0 bridgehead atoms. The minimum absolute atomic E-state index is 0.110. The Morgan fingerprint density at radius 3 is 2.46 bits per heavy atom. The number of carbonyl (C=O) groups is 1. The Balaban J connectivity index is 1.61. The van der Waals surface area contributed by atoms with Gasteiger partial charge in [-0.05, 0) is 62.1 Å². The minimum atomic E-state index is -3.55. The van der Waals surface area contributed by atoms with Gasteiger partial charge in [-0.3, -0.25) is 9.78 Å². The topological polar surface area (TPSA) is 79.4 Å². The summed E-state index contributed by atoms with van der Waals surface area (Å²) < 4.78 is 28.0. The lowest BCUT2D eigenvalue weighted by Gasteiger charge is -2.32. The molecule has 138 valence electrons. The van der Waals surface area contributed by atoms with Crippen molar-refractivity contribution in [2.75, 3.05) is 13.1 Å². The van der Waals surface area contributed by atoms with Gasteiger partial charge < -0.3 is 4.90 Å². The quantitative estimate of drug-likeness (QED) is 0.892. The van der Waals surface area contributed by atoms with Crippen molar-refractivity contribution in [1.29, 1.82) is 0 Å². The van der Waals surface area contributed by atoms with Crippen LogP contribution < -0.4 is 4.72 Å². The van der Waals surface area contributed by atoms with E-state index in [1.165, 1.54) is 0 Å². The predicted molar refractivity (Wildman–Crippen MR) is 99.4 cm³/mol. The first-order valence-corrected chi connectivity index (χ1v) is 10.1. The first-order valence-electron chi connectivity index (χ1n) is 8.67. The molecule has 2 heterocycles. The number of pyridine rings is 1. The number of aromatic nitrogens is 1. The summed E-state index contributed by atoms with van der Waals surface area (Å²) in [6, 6.07) is 10.2. The number of nitrogens with one attached hydrogen (secondary N) is 1. The Labute approximate surface area is 154 Å². The van der Waals surface area contributed by atoms with Crippen LogP contribution in [0.1, 0.15) is 34.5 Å². The third-order valence-electron chi connectivity index (χ3n) is 4.78. The molecule has 1 aromatic carbocycles. The fourth-order valence-electron chi connectivity index (χ4n) is 3.02. The maximum absolute atomic E-state index is 12.6. The summed E-state index contributed by atoms with van der Waals surface area (Å²) >= 11 is 0. The summed E-state index contributed by atoms with van der Waals surface area (Å²) in [5, 5.41) is 0. The van der Waals surface area contributed by atoms with Crippen molar-refractivity contribution in [2.24, 2.45) is 0 Å². The molecule has 0 radical (unpaired) electrons. The van der Waals surface area contributed by atoms with Crippen LogP contribution in [0.25, 0.3) is 0 Å². The fraction of sp³-hybridized carbons (Fsp3) is 0.368. The lowest BCUT2D eigenvalue weighted by atomic mass is 10.1. The van der Waals surface area contributed by atoms with Gasteiger partial charge in [0.05, 0.1) is 4.90 Å². The Morgan fingerprint density at radius 2 is 1.85 bits per heavy atom. The summed E-state index contributed by atoms with van der Waals surface area (Å²) in [6.07, 6.45) is 2.77. The molecule has 0 unspecified atom stereocenters. The summed E-state index contributed by atoms with van der Waals surface area (Å²) in [5.74, 6) is -0.110. The third-order valence-corrected chi connectivity index (χ3v) is 6.29. The highest BCUT2D eigenvalue weighted by atomic mass is 32.2. The molecule has 1 N–H and O–H groups in total. The van der Waals surface area contributed by atoms with Crippen LogP contribution in [0.5, 0.6) is 0 Å². The average molecular weight is 373 g/mol. The number of piperidine rings is 1. The third kappa shape index (κ3) is 4.11. The number of aryl methyl sites for hydroxylation is 2. The maximum Gasteiger partial charge on any atom is 0.272 e. The Kier molecular flexibility index (Phi) is 5.38. The van der Waals surface area contributed by atoms with Crippen LogP contribution in [0, 0.1) is 13.8 Å². The van der Waals surface area contributed by atoms with E-state index in [1.807, 2.05) is 19.9 Å². The first kappa shape index (κ1) is 18.5. The van der Waals surface area contributed by atoms with E-state index in [4.69, 9.17) is 0 Å². The number of carbonyl (C=O) groups excluding carboxylic acids is 1. The molecule has 1 aromatic heterocycles. The van der Waals surface area contributed by atoms with Gasteiger partial charge >= 0.3 is 0 Å². The van der Waals surface area contributed by atoms with Crippen LogP contribution in [0.2, 0.25) is 0 Å². The molecule has 26 heavy (non-hydrogen) atoms. The standard InChI is InChI=1S/C19H23N3O3S/c1-14-6-7-17(13-15(14)2)26(24,25)21-16-8-11-22(12-9-16)19(23)18-5-3-4-10-20-18/h3-7,10,13,16,21H,8-9,11-12H2,1-2H3. The van der Waals surface area contributed by atoms with Gasteiger partial charge in [0.15, 0.2) is 0 Å². The number of amides is 1. The van der Waals surface area contributed by atoms with Crippen molar-refractivity contribution >= 4 is 15.9 Å². The molecule has 1 saturated heterocycles. The molecule has 0 aliphatic carbocycles. The highest BCUT2D eigenvalue weighted by Crippen LogP contribution is 2.18. The van der Waals surface area contributed by atoms with Gasteiger partial charge in [0.25, 0.3) is 5.91 Å². The second-order valence-electron chi connectivity index (χ2n) is 6.65. The molecule has 6 nitrogen and oxygen atoms in total. The van der Waals surface area contributed by atoms with Crippen LogP contribution in [0.3, 0.4) is 0 Å². The lowest BCUT2D eigenvalue weighted by Crippen LogP contribution is -2.46. The van der Waals surface area contributed by atoms with Crippen LogP contribution in [-0.4, -0.2) is 43.3 Å². The highest BCUT2D eigenvalue weighted by molar-refractivity contribution is 7.89. The van der Waals surface area contributed by atoms with Crippen LogP contribution in [-0.2, 0) is 10.0 Å². The van der Waals surface area contributed by atoms with Crippen LogP contribution in [0.4, 0.5) is 0 Å². The SMILES string of the molecule is Cc1ccc(S(=O)(=O)NC2CCN(C(=O)c3ccccn3)CC2)cc1C. The van der Waals surface area contributed by atoms with Gasteiger partial charge in [-0.2, -0.15) is 0 Å². The Morgan fingerprint density at radius 1 is 1.12 bits per heavy atom. The second-order valence-corrected chi connectivity index (χ2v) is 8.36. The molecular weight excluding hydrogens is 350 g/mol. The molecule has 1 aliphatic rings. The molecule has 0 spiro atoms. The highest BCUT2D eigenvalue weighted by Gasteiger charge is 2.27. The molecule has 1 amide bonds. The average Bonchev–Trinajstić information content (AvgIpc) is 2.64. The van der Waals surface area contributed by atoms with E-state index >= 15 is 0 Å². The van der Waals surface area contributed by atoms with E-state index in [2.05, 4.69) is 9.71 Å². The summed E-state index contributed by atoms with van der Waals surface area (Å²) in [7, 11) is -3.55. The number of hydrogen-bond donors (Lipinski definition) is 1. The van der Waals surface area contributed by atoms with Gasteiger partial charge in [-0.1, -0.05) is 12.1 Å². The number of nitrogens with zero attached hydrogens (tertiary/aromatic N) is 2. The van der Waals surface area contributed by atoms with E-state index in [9.17, 15) is 13.2 Å². The molecule has 2 aromatic rings. The number of hydrogen-bond acceptors (Lipinski definition) is 4. The van der Waals surface area contributed by atoms with Crippen LogP contribution >= 0.6 is 0 Å². The van der Waals surface area contributed by atoms with Gasteiger partial charge in [0.1, 0.15) is 5.69 Å². The van der Waals surface area contributed by atoms with Gasteiger partial charge in [-0.25, -0.2) is 13.1 Å². The summed E-state index contributed by atoms with van der Waals surface area (Å²) in [5.41, 5.74) is 2.43. The lowest BCUT2D eigenvalue weighted by molar-refractivity contribution is 0.0705. The van der Waals surface area contributed by atoms with Crippen LogP contribution in [0.15, 0.2) is 47.5 Å². The molecule has 7 heteroatoms. The molecule has 3 rings (SSSR count). The Hall–Kier alpha value is -2.25. The second kappa shape index (κ2) is 7.55.